The average Bonchev–Trinajstić information content (AvgIpc) is 2.10. The van der Waals surface area contributed by atoms with Gasteiger partial charge in [-0.25, -0.2) is 13.8 Å². The molecule has 1 heterocycles. The van der Waals surface area contributed by atoms with Gasteiger partial charge in [-0.2, -0.15) is 4.98 Å². The number of nitrogens with one attached hydrogen (secondary N) is 1. The molecule has 7 heteroatoms. The van der Waals surface area contributed by atoms with E-state index in [-0.39, 0.29) is 16.8 Å². The fourth-order valence-electron chi connectivity index (χ4n) is 0.927. The van der Waals surface area contributed by atoms with Crippen molar-refractivity contribution in [2.24, 2.45) is 0 Å². The van der Waals surface area contributed by atoms with Crippen LogP contribution in [0.2, 0.25) is 5.28 Å². The largest absolute Gasteiger partial charge is 0.394 e. The number of alkyl halides is 2. The molecule has 0 aromatic carbocycles. The molecule has 4 nitrogen and oxygen atoms in total. The summed E-state index contributed by atoms with van der Waals surface area (Å²) < 4.78 is 24.7. The van der Waals surface area contributed by atoms with Gasteiger partial charge in [-0.15, -0.1) is 0 Å². The summed E-state index contributed by atoms with van der Waals surface area (Å²) in [5.74, 6) is 0.141. The normalized spacial score (nSPS) is 10.6. The number of anilines is 2. The lowest BCUT2D eigenvalue weighted by Crippen LogP contribution is -2.08. The van der Waals surface area contributed by atoms with Crippen LogP contribution < -0.4 is 11.1 Å². The van der Waals surface area contributed by atoms with Crippen molar-refractivity contribution in [3.05, 3.63) is 11.0 Å². The number of nitrogens with two attached hydrogens (primary N) is 1. The SMILES string of the molecule is CCNc1nc(Cl)nc(C(F)F)c1N. The molecule has 1 aromatic rings. The maximum atomic E-state index is 12.4. The molecule has 14 heavy (non-hydrogen) atoms. The number of rotatable bonds is 3. The zero-order chi connectivity index (χ0) is 10.7. The highest BCUT2D eigenvalue weighted by atomic mass is 35.5. The van der Waals surface area contributed by atoms with Crippen LogP contribution >= 0.6 is 11.6 Å². The maximum Gasteiger partial charge on any atom is 0.282 e. The van der Waals surface area contributed by atoms with E-state index >= 15 is 0 Å². The van der Waals surface area contributed by atoms with Gasteiger partial charge in [-0.3, -0.25) is 0 Å². The molecule has 0 radical (unpaired) electrons. The van der Waals surface area contributed by atoms with Gasteiger partial charge < -0.3 is 11.1 Å². The Balaban J connectivity index is 3.18. The molecule has 0 bridgehead atoms. The lowest BCUT2D eigenvalue weighted by Gasteiger charge is -2.09. The lowest BCUT2D eigenvalue weighted by atomic mass is 10.3. The molecular weight excluding hydrogens is 214 g/mol. The monoisotopic (exact) mass is 222 g/mol. The van der Waals surface area contributed by atoms with E-state index in [4.69, 9.17) is 17.3 Å². The van der Waals surface area contributed by atoms with Gasteiger partial charge in [0, 0.05) is 6.54 Å². The fourth-order valence-corrected chi connectivity index (χ4v) is 1.10. The number of hydrogen-bond donors (Lipinski definition) is 2. The van der Waals surface area contributed by atoms with E-state index in [9.17, 15) is 8.78 Å². The molecule has 0 amide bonds. The smallest absolute Gasteiger partial charge is 0.282 e. The van der Waals surface area contributed by atoms with Crippen molar-refractivity contribution in [3.63, 3.8) is 0 Å². The Hall–Kier alpha value is -1.17. The molecule has 0 unspecified atom stereocenters. The predicted molar refractivity (Wildman–Crippen MR) is 50.6 cm³/mol. The first-order valence-corrected chi connectivity index (χ1v) is 4.29. The molecule has 1 rings (SSSR count). The van der Waals surface area contributed by atoms with Gasteiger partial charge in [-0.05, 0) is 18.5 Å². The minimum absolute atomic E-state index is 0.141. The molecule has 0 saturated heterocycles. The van der Waals surface area contributed by atoms with Gasteiger partial charge in [0.2, 0.25) is 5.28 Å². The summed E-state index contributed by atoms with van der Waals surface area (Å²) in [5, 5.41) is 2.47. The number of nitrogens with zero attached hydrogens (tertiary/aromatic N) is 2. The third kappa shape index (κ3) is 2.20. The van der Waals surface area contributed by atoms with Crippen LogP contribution in [0.15, 0.2) is 0 Å². The van der Waals surface area contributed by atoms with Gasteiger partial charge in [0.15, 0.2) is 5.82 Å². The second-order valence-corrected chi connectivity index (χ2v) is 2.81. The quantitative estimate of drug-likeness (QED) is 0.769. The molecule has 0 spiro atoms. The predicted octanol–water partition coefficient (Wildman–Crippen LogP) is 2.08. The molecule has 0 aliphatic rings. The van der Waals surface area contributed by atoms with Crippen molar-refractivity contribution < 1.29 is 8.78 Å². The third-order valence-electron chi connectivity index (χ3n) is 1.50. The van der Waals surface area contributed by atoms with Crippen LogP contribution in [0.25, 0.3) is 0 Å². The van der Waals surface area contributed by atoms with Crippen molar-refractivity contribution in [1.82, 2.24) is 9.97 Å². The van der Waals surface area contributed by atoms with Crippen molar-refractivity contribution in [1.29, 1.82) is 0 Å². The zero-order valence-corrected chi connectivity index (χ0v) is 8.15. The highest BCUT2D eigenvalue weighted by Gasteiger charge is 2.18. The summed E-state index contributed by atoms with van der Waals surface area (Å²) in [7, 11) is 0. The van der Waals surface area contributed by atoms with Crippen LogP contribution in [0.4, 0.5) is 20.3 Å². The summed E-state index contributed by atoms with van der Waals surface area (Å²) in [6.07, 6.45) is -2.76. The summed E-state index contributed by atoms with van der Waals surface area (Å²) in [4.78, 5) is 7.04. The fraction of sp³-hybridized carbons (Fsp3) is 0.429. The van der Waals surface area contributed by atoms with E-state index in [2.05, 4.69) is 15.3 Å². The first kappa shape index (κ1) is 10.9. The van der Waals surface area contributed by atoms with Crippen molar-refractivity contribution >= 4 is 23.1 Å². The van der Waals surface area contributed by atoms with E-state index in [1.807, 2.05) is 0 Å². The molecular formula is C7H9ClF2N4. The maximum absolute atomic E-state index is 12.4. The van der Waals surface area contributed by atoms with Gasteiger partial charge in [-0.1, -0.05) is 0 Å². The van der Waals surface area contributed by atoms with E-state index in [0.717, 1.165) is 0 Å². The molecule has 0 atom stereocenters. The standard InChI is InChI=1S/C7H9ClF2N4/c1-2-12-6-3(11)4(5(9)10)13-7(8)14-6/h5H,2,11H2,1H3,(H,12,13,14). The second-order valence-electron chi connectivity index (χ2n) is 2.47. The summed E-state index contributed by atoms with van der Waals surface area (Å²) in [6, 6.07) is 0. The van der Waals surface area contributed by atoms with Gasteiger partial charge in [0.1, 0.15) is 11.4 Å². The first-order chi connectivity index (χ1) is 6.56. The molecule has 3 N–H and O–H groups in total. The minimum atomic E-state index is -2.76. The van der Waals surface area contributed by atoms with Gasteiger partial charge in [0.05, 0.1) is 0 Å². The highest BCUT2D eigenvalue weighted by Crippen LogP contribution is 2.28. The van der Waals surface area contributed by atoms with Crippen molar-refractivity contribution in [2.45, 2.75) is 13.3 Å². The summed E-state index contributed by atoms with van der Waals surface area (Å²) >= 11 is 5.45. The summed E-state index contributed by atoms with van der Waals surface area (Å²) in [5.41, 5.74) is 4.71. The highest BCUT2D eigenvalue weighted by molar-refractivity contribution is 6.28. The molecule has 78 valence electrons. The van der Waals surface area contributed by atoms with Crippen molar-refractivity contribution in [3.8, 4) is 0 Å². The Labute approximate surface area is 84.5 Å². The van der Waals surface area contributed by atoms with E-state index < -0.39 is 12.1 Å². The van der Waals surface area contributed by atoms with Crippen LogP contribution in [-0.4, -0.2) is 16.5 Å². The van der Waals surface area contributed by atoms with E-state index in [1.54, 1.807) is 6.92 Å². The number of hydrogen-bond acceptors (Lipinski definition) is 4. The average molecular weight is 223 g/mol. The van der Waals surface area contributed by atoms with Crippen LogP contribution in [0.5, 0.6) is 0 Å². The van der Waals surface area contributed by atoms with Crippen LogP contribution in [0.3, 0.4) is 0 Å². The minimum Gasteiger partial charge on any atom is -0.394 e. The molecule has 0 aliphatic carbocycles. The number of nitrogen functional groups attached to an aromatic ring is 1. The molecule has 0 fully saturated rings. The van der Waals surface area contributed by atoms with E-state index in [1.165, 1.54) is 0 Å². The Morgan fingerprint density at radius 1 is 1.50 bits per heavy atom. The Morgan fingerprint density at radius 2 is 2.14 bits per heavy atom. The Bertz CT molecular complexity index is 332. The molecule has 0 aliphatic heterocycles. The lowest BCUT2D eigenvalue weighted by molar-refractivity contribution is 0.147. The second kappa shape index (κ2) is 4.36. The zero-order valence-electron chi connectivity index (χ0n) is 7.39. The van der Waals surface area contributed by atoms with Gasteiger partial charge in [0.25, 0.3) is 6.43 Å². The van der Waals surface area contributed by atoms with Gasteiger partial charge >= 0.3 is 0 Å². The Morgan fingerprint density at radius 3 is 2.64 bits per heavy atom. The van der Waals surface area contributed by atoms with Crippen LogP contribution in [0, 0.1) is 0 Å². The third-order valence-corrected chi connectivity index (χ3v) is 1.67. The first-order valence-electron chi connectivity index (χ1n) is 3.91. The summed E-state index contributed by atoms with van der Waals surface area (Å²) in [6.45, 7) is 2.30. The van der Waals surface area contributed by atoms with Crippen LogP contribution in [0.1, 0.15) is 19.0 Å². The molecule has 0 saturated carbocycles. The number of halogens is 3. The van der Waals surface area contributed by atoms with E-state index in [0.29, 0.717) is 6.54 Å². The van der Waals surface area contributed by atoms with Crippen molar-refractivity contribution in [2.75, 3.05) is 17.6 Å². The Kier molecular flexibility index (Phi) is 3.40. The van der Waals surface area contributed by atoms with Crippen LogP contribution in [-0.2, 0) is 0 Å². The topological polar surface area (TPSA) is 63.8 Å². The number of aromatic nitrogens is 2. The molecule has 1 aromatic heterocycles.